The lowest BCUT2D eigenvalue weighted by Gasteiger charge is -2.33. The van der Waals surface area contributed by atoms with Crippen molar-refractivity contribution < 1.29 is 18.3 Å². The van der Waals surface area contributed by atoms with Crippen LogP contribution in [0.3, 0.4) is 0 Å². The third-order valence-corrected chi connectivity index (χ3v) is 3.72. The summed E-state index contributed by atoms with van der Waals surface area (Å²) in [6.45, 7) is 0.442. The Labute approximate surface area is 131 Å². The number of likely N-dealkylation sites (tertiary alicyclic amines) is 1. The second-order valence-electron chi connectivity index (χ2n) is 5.32. The first kappa shape index (κ1) is 15.4. The first-order valence-electron chi connectivity index (χ1n) is 7.29. The number of amides is 1. The normalized spacial score (nSPS) is 15.4. The van der Waals surface area contributed by atoms with Crippen molar-refractivity contribution in [3.05, 3.63) is 24.5 Å². The number of hydrogen-bond acceptors (Lipinski definition) is 5. The molecule has 0 bridgehead atoms. The summed E-state index contributed by atoms with van der Waals surface area (Å²) in [6.07, 6.45) is 2.35. The Hall–Kier alpha value is -2.51. The van der Waals surface area contributed by atoms with Gasteiger partial charge in [-0.15, -0.1) is 0 Å². The summed E-state index contributed by atoms with van der Waals surface area (Å²) in [7, 11) is 0. The molecule has 0 saturated carbocycles. The fourth-order valence-corrected chi connectivity index (χ4v) is 2.41. The van der Waals surface area contributed by atoms with Crippen molar-refractivity contribution in [3.63, 3.8) is 0 Å². The summed E-state index contributed by atoms with van der Waals surface area (Å²) in [5, 5.41) is 3.70. The van der Waals surface area contributed by atoms with Gasteiger partial charge in [0.15, 0.2) is 0 Å². The molecule has 0 aliphatic carbocycles. The number of fused-ring (bicyclic) bond motifs is 1. The van der Waals surface area contributed by atoms with Crippen molar-refractivity contribution in [1.29, 1.82) is 0 Å². The molecule has 1 aliphatic rings. The SMILES string of the molecule is C[C@@H](Nc1ncnc2cc(OC(F)F)ccc12)C(=O)N1CCC1. The van der Waals surface area contributed by atoms with E-state index < -0.39 is 12.7 Å². The van der Waals surface area contributed by atoms with E-state index in [1.165, 1.54) is 18.5 Å². The lowest BCUT2D eigenvalue weighted by atomic mass is 10.1. The molecule has 0 unspecified atom stereocenters. The van der Waals surface area contributed by atoms with Crippen LogP contribution in [-0.2, 0) is 4.79 Å². The highest BCUT2D eigenvalue weighted by atomic mass is 19.3. The average molecular weight is 322 g/mol. The van der Waals surface area contributed by atoms with Gasteiger partial charge in [0.25, 0.3) is 0 Å². The number of benzene rings is 1. The van der Waals surface area contributed by atoms with E-state index in [0.29, 0.717) is 16.7 Å². The van der Waals surface area contributed by atoms with Gasteiger partial charge in [0.1, 0.15) is 23.9 Å². The monoisotopic (exact) mass is 322 g/mol. The molecule has 1 aromatic carbocycles. The molecule has 1 aliphatic heterocycles. The number of nitrogens with one attached hydrogen (secondary N) is 1. The highest BCUT2D eigenvalue weighted by Crippen LogP contribution is 2.25. The van der Waals surface area contributed by atoms with Crippen molar-refractivity contribution >= 4 is 22.6 Å². The van der Waals surface area contributed by atoms with Gasteiger partial charge >= 0.3 is 6.61 Å². The Morgan fingerprint density at radius 1 is 1.35 bits per heavy atom. The summed E-state index contributed by atoms with van der Waals surface area (Å²) < 4.78 is 28.9. The molecule has 6 nitrogen and oxygen atoms in total. The second kappa shape index (κ2) is 6.31. The van der Waals surface area contributed by atoms with Crippen LogP contribution in [0.15, 0.2) is 24.5 Å². The first-order valence-corrected chi connectivity index (χ1v) is 7.29. The summed E-state index contributed by atoms with van der Waals surface area (Å²) in [5.74, 6) is 0.530. The predicted molar refractivity (Wildman–Crippen MR) is 80.5 cm³/mol. The zero-order valence-corrected chi connectivity index (χ0v) is 12.5. The number of nitrogens with zero attached hydrogens (tertiary/aromatic N) is 3. The van der Waals surface area contributed by atoms with Crippen molar-refractivity contribution in [1.82, 2.24) is 14.9 Å². The molecule has 122 valence electrons. The third-order valence-electron chi connectivity index (χ3n) is 3.72. The van der Waals surface area contributed by atoms with Crippen molar-refractivity contribution in [2.45, 2.75) is 26.0 Å². The van der Waals surface area contributed by atoms with Crippen LogP contribution < -0.4 is 10.1 Å². The molecule has 0 spiro atoms. The molecule has 1 amide bonds. The number of ether oxygens (including phenoxy) is 1. The maximum Gasteiger partial charge on any atom is 0.387 e. The number of carbonyl (C=O) groups is 1. The quantitative estimate of drug-likeness (QED) is 0.914. The fourth-order valence-electron chi connectivity index (χ4n) is 2.41. The van der Waals surface area contributed by atoms with E-state index in [4.69, 9.17) is 0 Å². The number of halogens is 2. The Morgan fingerprint density at radius 3 is 2.78 bits per heavy atom. The molecule has 2 aromatic rings. The average Bonchev–Trinajstić information content (AvgIpc) is 2.44. The molecule has 1 N–H and O–H groups in total. The largest absolute Gasteiger partial charge is 0.435 e. The smallest absolute Gasteiger partial charge is 0.387 e. The van der Waals surface area contributed by atoms with E-state index in [0.717, 1.165) is 19.5 Å². The molecule has 23 heavy (non-hydrogen) atoms. The van der Waals surface area contributed by atoms with E-state index in [2.05, 4.69) is 20.0 Å². The van der Waals surface area contributed by atoms with Gasteiger partial charge in [0.05, 0.1) is 5.52 Å². The van der Waals surface area contributed by atoms with Gasteiger partial charge in [0.2, 0.25) is 5.91 Å². The van der Waals surface area contributed by atoms with E-state index >= 15 is 0 Å². The molecule has 1 atom stereocenters. The summed E-state index contributed by atoms with van der Waals surface area (Å²) in [6, 6.07) is 4.00. The van der Waals surface area contributed by atoms with Crippen LogP contribution in [0.1, 0.15) is 13.3 Å². The minimum Gasteiger partial charge on any atom is -0.435 e. The number of carbonyl (C=O) groups excluding carboxylic acids is 1. The number of rotatable bonds is 5. The number of aromatic nitrogens is 2. The van der Waals surface area contributed by atoms with E-state index in [-0.39, 0.29) is 11.7 Å². The molecular weight excluding hydrogens is 306 g/mol. The van der Waals surface area contributed by atoms with E-state index in [1.54, 1.807) is 17.9 Å². The van der Waals surface area contributed by atoms with Gasteiger partial charge in [-0.1, -0.05) is 0 Å². The van der Waals surface area contributed by atoms with Crippen molar-refractivity contribution in [2.24, 2.45) is 0 Å². The highest BCUT2D eigenvalue weighted by molar-refractivity contribution is 5.92. The molecule has 1 fully saturated rings. The predicted octanol–water partition coefficient (Wildman–Crippen LogP) is 2.26. The maximum absolute atomic E-state index is 12.3. The topological polar surface area (TPSA) is 67.4 Å². The van der Waals surface area contributed by atoms with Gasteiger partial charge in [-0.25, -0.2) is 9.97 Å². The van der Waals surface area contributed by atoms with Crippen molar-refractivity contribution in [2.75, 3.05) is 18.4 Å². The number of anilines is 1. The summed E-state index contributed by atoms with van der Waals surface area (Å²) >= 11 is 0. The molecular formula is C15H16F2N4O2. The molecule has 8 heteroatoms. The van der Waals surface area contributed by atoms with Gasteiger partial charge in [0, 0.05) is 24.5 Å². The van der Waals surface area contributed by atoms with E-state index in [1.807, 2.05) is 0 Å². The van der Waals surface area contributed by atoms with Crippen molar-refractivity contribution in [3.8, 4) is 5.75 Å². The zero-order valence-electron chi connectivity index (χ0n) is 12.5. The molecule has 2 heterocycles. The maximum atomic E-state index is 12.3. The van der Waals surface area contributed by atoms with Gasteiger partial charge < -0.3 is 15.0 Å². The highest BCUT2D eigenvalue weighted by Gasteiger charge is 2.25. The number of alkyl halides is 2. The number of hydrogen-bond donors (Lipinski definition) is 1. The minimum atomic E-state index is -2.89. The van der Waals surface area contributed by atoms with Crippen LogP contribution in [0, 0.1) is 0 Å². The van der Waals surface area contributed by atoms with Crippen LogP contribution in [0.2, 0.25) is 0 Å². The van der Waals surface area contributed by atoms with Crippen LogP contribution in [0.5, 0.6) is 5.75 Å². The van der Waals surface area contributed by atoms with Gasteiger partial charge in [-0.3, -0.25) is 4.79 Å². The third kappa shape index (κ3) is 3.30. The van der Waals surface area contributed by atoms with Crippen LogP contribution in [0.4, 0.5) is 14.6 Å². The first-order chi connectivity index (χ1) is 11.0. The summed E-state index contributed by atoms with van der Waals surface area (Å²) in [5.41, 5.74) is 0.462. The fraction of sp³-hybridized carbons (Fsp3) is 0.400. The lowest BCUT2D eigenvalue weighted by molar-refractivity contribution is -0.135. The molecule has 1 aromatic heterocycles. The van der Waals surface area contributed by atoms with Crippen LogP contribution in [0.25, 0.3) is 10.9 Å². The second-order valence-corrected chi connectivity index (χ2v) is 5.32. The van der Waals surface area contributed by atoms with Gasteiger partial charge in [-0.2, -0.15) is 8.78 Å². The zero-order chi connectivity index (χ0) is 16.4. The Balaban J connectivity index is 1.81. The Bertz CT molecular complexity index is 722. The Morgan fingerprint density at radius 2 is 2.13 bits per heavy atom. The van der Waals surface area contributed by atoms with Gasteiger partial charge in [-0.05, 0) is 25.5 Å². The van der Waals surface area contributed by atoms with Crippen LogP contribution in [-0.4, -0.2) is 46.5 Å². The van der Waals surface area contributed by atoms with E-state index in [9.17, 15) is 13.6 Å². The Kier molecular flexibility index (Phi) is 4.22. The van der Waals surface area contributed by atoms with Crippen LogP contribution >= 0.6 is 0 Å². The molecule has 0 radical (unpaired) electrons. The molecule has 3 rings (SSSR count). The molecule has 1 saturated heterocycles. The standard InChI is InChI=1S/C15H16F2N4O2/c1-9(14(22)21-5-2-6-21)20-13-11-4-3-10(23-15(16)17)7-12(11)18-8-19-13/h3-4,7-9,15H,2,5-6H2,1H3,(H,18,19,20)/t9-/m1/s1. The lowest BCUT2D eigenvalue weighted by Crippen LogP contribution is -2.48. The minimum absolute atomic E-state index is 0.0145. The summed E-state index contributed by atoms with van der Waals surface area (Å²) in [4.78, 5) is 22.1.